The number of nitrogens with one attached hydrogen (secondary N) is 1. The monoisotopic (exact) mass is 175 g/mol. The minimum absolute atomic E-state index is 0. The molecule has 5 heteroatoms. The largest absolute Gasteiger partial charge is 0.323 e. The molecule has 0 aromatic carbocycles. The molecule has 0 fully saturated rings. The minimum Gasteiger partial charge on any atom is -0.323 e. The van der Waals surface area contributed by atoms with Crippen molar-refractivity contribution in [3.8, 4) is 6.07 Å². The Hall–Kier alpha value is -0.760. The van der Waals surface area contributed by atoms with Crippen molar-refractivity contribution in [2.45, 2.75) is 0 Å². The lowest BCUT2D eigenvalue weighted by Gasteiger charge is -1.86. The van der Waals surface area contributed by atoms with Crippen LogP contribution >= 0.6 is 23.7 Å². The number of hydrogen-bond acceptors (Lipinski definition) is 4. The average molecular weight is 176 g/mol. The van der Waals surface area contributed by atoms with E-state index in [1.54, 1.807) is 11.4 Å². The molecule has 0 atom stereocenters. The summed E-state index contributed by atoms with van der Waals surface area (Å²) in [6.07, 6.45) is 0. The van der Waals surface area contributed by atoms with Gasteiger partial charge in [-0.3, -0.25) is 5.84 Å². The zero-order chi connectivity index (χ0) is 6.69. The number of rotatable bonds is 1. The molecule has 1 rings (SSSR count). The molecule has 0 aliphatic rings. The number of hydrogen-bond donors (Lipinski definition) is 2. The van der Waals surface area contributed by atoms with Gasteiger partial charge >= 0.3 is 0 Å². The van der Waals surface area contributed by atoms with Gasteiger partial charge in [0.25, 0.3) is 0 Å². The van der Waals surface area contributed by atoms with E-state index in [9.17, 15) is 0 Å². The third kappa shape index (κ3) is 1.88. The van der Waals surface area contributed by atoms with Crippen molar-refractivity contribution < 1.29 is 0 Å². The first-order valence-corrected chi connectivity index (χ1v) is 3.20. The summed E-state index contributed by atoms with van der Waals surface area (Å²) in [7, 11) is 0. The molecule has 3 N–H and O–H groups in total. The fourth-order valence-corrected chi connectivity index (χ4v) is 1.11. The zero-order valence-corrected chi connectivity index (χ0v) is 6.63. The summed E-state index contributed by atoms with van der Waals surface area (Å²) in [6, 6.07) is 3.70. The maximum absolute atomic E-state index is 8.34. The molecule has 3 nitrogen and oxygen atoms in total. The van der Waals surface area contributed by atoms with Crippen LogP contribution in [0.4, 0.5) is 5.69 Å². The Bertz CT molecular complexity index is 239. The standard InChI is InChI=1S/C5H5N3S.ClH/c6-2-5-1-4(8-7)3-9-5;/h1,3,8H,7H2;1H. The van der Waals surface area contributed by atoms with Gasteiger partial charge in [0, 0.05) is 5.38 Å². The number of nitrogens with two attached hydrogens (primary N) is 1. The van der Waals surface area contributed by atoms with E-state index in [1.165, 1.54) is 11.3 Å². The maximum atomic E-state index is 8.34. The SMILES string of the molecule is Cl.N#Cc1cc(NN)cs1. The van der Waals surface area contributed by atoms with E-state index in [0.717, 1.165) is 5.69 Å². The first-order chi connectivity index (χ1) is 4.36. The van der Waals surface area contributed by atoms with E-state index in [-0.39, 0.29) is 12.4 Å². The Morgan fingerprint density at radius 1 is 1.70 bits per heavy atom. The maximum Gasteiger partial charge on any atom is 0.110 e. The van der Waals surface area contributed by atoms with Crippen LogP contribution in [0.25, 0.3) is 0 Å². The summed E-state index contributed by atoms with van der Waals surface area (Å²) in [6.45, 7) is 0. The number of nitrogen functional groups attached to an aromatic ring is 1. The molecule has 0 amide bonds. The predicted octanol–water partition coefficient (Wildman–Crippen LogP) is 1.33. The summed E-state index contributed by atoms with van der Waals surface area (Å²) in [5.41, 5.74) is 3.23. The highest BCUT2D eigenvalue weighted by Crippen LogP contribution is 2.16. The molecule has 0 unspecified atom stereocenters. The Labute approximate surface area is 68.8 Å². The van der Waals surface area contributed by atoms with Crippen molar-refractivity contribution in [1.29, 1.82) is 5.26 Å². The van der Waals surface area contributed by atoms with E-state index in [4.69, 9.17) is 11.1 Å². The van der Waals surface area contributed by atoms with Crippen LogP contribution in [-0.2, 0) is 0 Å². The second kappa shape index (κ2) is 4.12. The van der Waals surface area contributed by atoms with Gasteiger partial charge in [-0.25, -0.2) is 0 Å². The van der Waals surface area contributed by atoms with Crippen molar-refractivity contribution in [3.05, 3.63) is 16.3 Å². The van der Waals surface area contributed by atoms with Crippen LogP contribution in [0.15, 0.2) is 11.4 Å². The summed E-state index contributed by atoms with van der Waals surface area (Å²) in [5.74, 6) is 5.07. The molecule has 1 heterocycles. The average Bonchev–Trinajstić information content (AvgIpc) is 2.34. The van der Waals surface area contributed by atoms with E-state index < -0.39 is 0 Å². The molecule has 0 saturated carbocycles. The number of thiophene rings is 1. The van der Waals surface area contributed by atoms with Crippen LogP contribution in [0, 0.1) is 11.3 Å². The van der Waals surface area contributed by atoms with Crippen molar-refractivity contribution in [1.82, 2.24) is 0 Å². The van der Waals surface area contributed by atoms with Crippen molar-refractivity contribution in [3.63, 3.8) is 0 Å². The third-order valence-corrected chi connectivity index (χ3v) is 1.71. The lowest BCUT2D eigenvalue weighted by Crippen LogP contribution is -2.04. The molecular weight excluding hydrogens is 170 g/mol. The van der Waals surface area contributed by atoms with Crippen LogP contribution in [0.2, 0.25) is 0 Å². The molecule has 1 aromatic heterocycles. The van der Waals surface area contributed by atoms with Gasteiger partial charge in [0.15, 0.2) is 0 Å². The minimum atomic E-state index is 0. The normalized spacial score (nSPS) is 7.60. The number of nitrogens with zero attached hydrogens (tertiary/aromatic N) is 1. The second-order valence-corrected chi connectivity index (χ2v) is 2.37. The molecular formula is C5H6ClN3S. The molecule has 0 aliphatic heterocycles. The Morgan fingerprint density at radius 3 is 2.70 bits per heavy atom. The third-order valence-electron chi connectivity index (χ3n) is 0.876. The Morgan fingerprint density at radius 2 is 2.40 bits per heavy atom. The van der Waals surface area contributed by atoms with Gasteiger partial charge in [0.2, 0.25) is 0 Å². The molecule has 54 valence electrons. The molecule has 1 aromatic rings. The molecule has 0 saturated heterocycles. The summed E-state index contributed by atoms with van der Waals surface area (Å²) >= 11 is 1.37. The van der Waals surface area contributed by atoms with Gasteiger partial charge in [-0.1, -0.05) is 0 Å². The fourth-order valence-electron chi connectivity index (χ4n) is 0.471. The Balaban J connectivity index is 0.000000810. The molecule has 0 aliphatic carbocycles. The molecule has 0 spiro atoms. The smallest absolute Gasteiger partial charge is 0.110 e. The summed E-state index contributed by atoms with van der Waals surface area (Å²) in [5, 5.41) is 10.1. The van der Waals surface area contributed by atoms with Gasteiger partial charge in [0.05, 0.1) is 5.69 Å². The zero-order valence-electron chi connectivity index (χ0n) is 5.00. The number of nitriles is 1. The van der Waals surface area contributed by atoms with Gasteiger partial charge in [0.1, 0.15) is 10.9 Å². The van der Waals surface area contributed by atoms with Gasteiger partial charge in [-0.15, -0.1) is 23.7 Å². The van der Waals surface area contributed by atoms with Crippen molar-refractivity contribution in [2.75, 3.05) is 5.43 Å². The highest BCUT2D eigenvalue weighted by Gasteiger charge is 1.93. The van der Waals surface area contributed by atoms with Gasteiger partial charge in [-0.05, 0) is 6.07 Å². The fraction of sp³-hybridized carbons (Fsp3) is 0. The first-order valence-electron chi connectivity index (χ1n) is 2.32. The highest BCUT2D eigenvalue weighted by atomic mass is 35.5. The van der Waals surface area contributed by atoms with Gasteiger partial charge < -0.3 is 5.43 Å². The van der Waals surface area contributed by atoms with Crippen LogP contribution in [0.5, 0.6) is 0 Å². The van der Waals surface area contributed by atoms with E-state index in [2.05, 4.69) is 5.43 Å². The number of anilines is 1. The second-order valence-electron chi connectivity index (χ2n) is 1.46. The number of halogens is 1. The quantitative estimate of drug-likeness (QED) is 0.500. The van der Waals surface area contributed by atoms with E-state index >= 15 is 0 Å². The lowest BCUT2D eigenvalue weighted by molar-refractivity contribution is 1.37. The lowest BCUT2D eigenvalue weighted by atomic mass is 10.4. The molecule has 10 heavy (non-hydrogen) atoms. The molecule has 0 radical (unpaired) electrons. The predicted molar refractivity (Wildman–Crippen MR) is 44.1 cm³/mol. The Kier molecular flexibility index (Phi) is 3.81. The van der Waals surface area contributed by atoms with Crippen LogP contribution in [0.1, 0.15) is 4.88 Å². The summed E-state index contributed by atoms with van der Waals surface area (Å²) in [4.78, 5) is 0.669. The van der Waals surface area contributed by atoms with Gasteiger partial charge in [-0.2, -0.15) is 5.26 Å². The van der Waals surface area contributed by atoms with Crippen LogP contribution < -0.4 is 11.3 Å². The van der Waals surface area contributed by atoms with E-state index in [1.807, 2.05) is 6.07 Å². The van der Waals surface area contributed by atoms with Crippen LogP contribution in [0.3, 0.4) is 0 Å². The van der Waals surface area contributed by atoms with Crippen molar-refractivity contribution in [2.24, 2.45) is 5.84 Å². The highest BCUT2D eigenvalue weighted by molar-refractivity contribution is 7.11. The van der Waals surface area contributed by atoms with Crippen molar-refractivity contribution >= 4 is 29.4 Å². The van der Waals surface area contributed by atoms with Crippen LogP contribution in [-0.4, -0.2) is 0 Å². The number of hydrazine groups is 1. The molecule has 0 bridgehead atoms. The van der Waals surface area contributed by atoms with E-state index in [0.29, 0.717) is 4.88 Å². The topological polar surface area (TPSA) is 61.8 Å². The first kappa shape index (κ1) is 9.24. The summed E-state index contributed by atoms with van der Waals surface area (Å²) < 4.78 is 0.